The summed E-state index contributed by atoms with van der Waals surface area (Å²) in [6.07, 6.45) is -7.69. The van der Waals surface area contributed by atoms with Gasteiger partial charge < -0.3 is 29.9 Å². The third-order valence-electron chi connectivity index (χ3n) is 4.96. The second-order valence-corrected chi connectivity index (χ2v) is 7.28. The molecule has 0 bridgehead atoms. The smallest absolute Gasteiger partial charge is 0.303 e. The number of phenols is 1. The molecule has 3 rings (SSSR count). The van der Waals surface area contributed by atoms with Gasteiger partial charge >= 0.3 is 5.92 Å². The Labute approximate surface area is 170 Å². The maximum absolute atomic E-state index is 14.0. The molecular weight excluding hydrogens is 410 g/mol. The molecule has 1 saturated heterocycles. The third kappa shape index (κ3) is 4.17. The van der Waals surface area contributed by atoms with Crippen LogP contribution in [-0.4, -0.2) is 58.4 Å². The summed E-state index contributed by atoms with van der Waals surface area (Å²) < 4.78 is 38.4. The van der Waals surface area contributed by atoms with E-state index >= 15 is 0 Å². The minimum absolute atomic E-state index is 0.0206. The van der Waals surface area contributed by atoms with E-state index in [0.29, 0.717) is 17.7 Å². The molecule has 9 heteroatoms. The molecule has 0 unspecified atom stereocenters. The van der Waals surface area contributed by atoms with Gasteiger partial charge in [0.25, 0.3) is 0 Å². The molecule has 2 aromatic carbocycles. The molecule has 1 fully saturated rings. The molecule has 0 amide bonds. The van der Waals surface area contributed by atoms with Crippen molar-refractivity contribution < 1.29 is 38.7 Å². The average molecular weight is 431 g/mol. The summed E-state index contributed by atoms with van der Waals surface area (Å²) in [4.78, 5) is 0. The molecule has 1 heterocycles. The second kappa shape index (κ2) is 8.41. The number of benzene rings is 2. The predicted octanol–water partition coefficient (Wildman–Crippen LogP) is 2.43. The van der Waals surface area contributed by atoms with Gasteiger partial charge in [-0.15, -0.1) is 0 Å². The standard InChI is InChI=1S/C20H21ClF2O6/c1-28-12-4-2-3-10(6-12)5-11-7-13(15(25)8-14(11)21)18-17(26)19(27)20(22,23)16(9-24)29-18/h2-4,6-8,16-19,24-27H,5,9H2,1H3/t16-,17+,18+,19-/m1/s1. The van der Waals surface area contributed by atoms with Gasteiger partial charge in [0.05, 0.1) is 13.7 Å². The number of halogens is 3. The van der Waals surface area contributed by atoms with Crippen LogP contribution in [0.3, 0.4) is 0 Å². The second-order valence-electron chi connectivity index (χ2n) is 6.87. The first-order chi connectivity index (χ1) is 13.7. The molecule has 0 saturated carbocycles. The molecule has 6 nitrogen and oxygen atoms in total. The number of ether oxygens (including phenoxy) is 2. The van der Waals surface area contributed by atoms with Gasteiger partial charge in [0, 0.05) is 10.6 Å². The topological polar surface area (TPSA) is 99.4 Å². The highest BCUT2D eigenvalue weighted by molar-refractivity contribution is 6.31. The maximum atomic E-state index is 14.0. The number of aromatic hydroxyl groups is 1. The lowest BCUT2D eigenvalue weighted by atomic mass is 9.89. The molecule has 0 aliphatic carbocycles. The van der Waals surface area contributed by atoms with E-state index in [1.807, 2.05) is 6.07 Å². The van der Waals surface area contributed by atoms with Crippen molar-refractivity contribution in [3.05, 3.63) is 58.1 Å². The largest absolute Gasteiger partial charge is 0.508 e. The summed E-state index contributed by atoms with van der Waals surface area (Å²) in [5, 5.41) is 39.7. The number of methoxy groups -OCH3 is 1. The molecule has 0 spiro atoms. The zero-order valence-electron chi connectivity index (χ0n) is 15.4. The first-order valence-electron chi connectivity index (χ1n) is 8.83. The minimum Gasteiger partial charge on any atom is -0.508 e. The fraction of sp³-hybridized carbons (Fsp3) is 0.400. The van der Waals surface area contributed by atoms with Crippen molar-refractivity contribution in [2.24, 2.45) is 0 Å². The van der Waals surface area contributed by atoms with E-state index in [4.69, 9.17) is 21.1 Å². The highest BCUT2D eigenvalue weighted by atomic mass is 35.5. The first kappa shape index (κ1) is 21.7. The maximum Gasteiger partial charge on any atom is 0.303 e. The number of alkyl halides is 2. The zero-order valence-corrected chi connectivity index (χ0v) is 16.2. The van der Waals surface area contributed by atoms with Crippen LogP contribution in [0, 0.1) is 0 Å². The Morgan fingerprint density at radius 2 is 1.93 bits per heavy atom. The molecule has 0 aromatic heterocycles. The van der Waals surface area contributed by atoms with E-state index in [1.165, 1.54) is 19.2 Å². The molecule has 158 valence electrons. The van der Waals surface area contributed by atoms with Crippen LogP contribution in [0.1, 0.15) is 22.8 Å². The summed E-state index contributed by atoms with van der Waals surface area (Å²) in [5.41, 5.74) is 1.36. The Bertz CT molecular complexity index is 874. The lowest BCUT2D eigenvalue weighted by Crippen LogP contribution is -2.59. The van der Waals surface area contributed by atoms with Crippen LogP contribution >= 0.6 is 11.6 Å². The lowest BCUT2D eigenvalue weighted by Gasteiger charge is -2.42. The van der Waals surface area contributed by atoms with Gasteiger partial charge in [0.2, 0.25) is 0 Å². The molecule has 4 N–H and O–H groups in total. The predicted molar refractivity (Wildman–Crippen MR) is 101 cm³/mol. The number of aliphatic hydroxyl groups is 3. The van der Waals surface area contributed by atoms with E-state index in [0.717, 1.165) is 5.56 Å². The van der Waals surface area contributed by atoms with Gasteiger partial charge in [0.15, 0.2) is 0 Å². The first-order valence-corrected chi connectivity index (χ1v) is 9.21. The Balaban J connectivity index is 1.96. The summed E-state index contributed by atoms with van der Waals surface area (Å²) in [7, 11) is 1.53. The van der Waals surface area contributed by atoms with Crippen molar-refractivity contribution in [1.82, 2.24) is 0 Å². The third-order valence-corrected chi connectivity index (χ3v) is 5.32. The van der Waals surface area contributed by atoms with Crippen LogP contribution in [-0.2, 0) is 11.2 Å². The van der Waals surface area contributed by atoms with Crippen molar-refractivity contribution in [3.8, 4) is 11.5 Å². The fourth-order valence-electron chi connectivity index (χ4n) is 3.35. The van der Waals surface area contributed by atoms with Crippen molar-refractivity contribution in [3.63, 3.8) is 0 Å². The van der Waals surface area contributed by atoms with Crippen LogP contribution in [0.5, 0.6) is 11.5 Å². The monoisotopic (exact) mass is 430 g/mol. The van der Waals surface area contributed by atoms with Crippen molar-refractivity contribution >= 4 is 11.6 Å². The van der Waals surface area contributed by atoms with E-state index in [-0.39, 0.29) is 16.3 Å². The van der Waals surface area contributed by atoms with Crippen LogP contribution in [0.4, 0.5) is 8.78 Å². The van der Waals surface area contributed by atoms with Crippen LogP contribution in [0.15, 0.2) is 36.4 Å². The zero-order chi connectivity index (χ0) is 21.3. The normalized spacial score (nSPS) is 26.3. The van der Waals surface area contributed by atoms with Gasteiger partial charge in [-0.1, -0.05) is 23.7 Å². The average Bonchev–Trinajstić information content (AvgIpc) is 2.69. The molecule has 2 aromatic rings. The van der Waals surface area contributed by atoms with E-state index in [9.17, 15) is 29.2 Å². The number of hydrogen-bond acceptors (Lipinski definition) is 6. The van der Waals surface area contributed by atoms with E-state index in [1.54, 1.807) is 18.2 Å². The van der Waals surface area contributed by atoms with Crippen molar-refractivity contribution in [2.75, 3.05) is 13.7 Å². The molecule has 29 heavy (non-hydrogen) atoms. The van der Waals surface area contributed by atoms with E-state index < -0.39 is 36.9 Å². The van der Waals surface area contributed by atoms with Crippen molar-refractivity contribution in [2.45, 2.75) is 36.8 Å². The fourth-order valence-corrected chi connectivity index (χ4v) is 3.57. The lowest BCUT2D eigenvalue weighted by molar-refractivity contribution is -0.296. The van der Waals surface area contributed by atoms with Crippen molar-refractivity contribution in [1.29, 1.82) is 0 Å². The minimum atomic E-state index is -3.85. The summed E-state index contributed by atoms with van der Waals surface area (Å²) in [5.74, 6) is -3.60. The van der Waals surface area contributed by atoms with Crippen LogP contribution in [0.25, 0.3) is 0 Å². The SMILES string of the molecule is COc1cccc(Cc2cc([C@@H]3O[C@H](CO)C(F)(F)[C@H](O)[C@H]3O)c(O)cc2Cl)c1. The van der Waals surface area contributed by atoms with Gasteiger partial charge in [-0.3, -0.25) is 0 Å². The quantitative estimate of drug-likeness (QED) is 0.581. The highest BCUT2D eigenvalue weighted by Crippen LogP contribution is 2.44. The molecule has 1 aliphatic heterocycles. The highest BCUT2D eigenvalue weighted by Gasteiger charge is 2.57. The molecular formula is C20H21ClF2O6. The van der Waals surface area contributed by atoms with Gasteiger partial charge in [-0.25, -0.2) is 8.78 Å². The van der Waals surface area contributed by atoms with E-state index in [2.05, 4.69) is 0 Å². The molecule has 1 aliphatic rings. The van der Waals surface area contributed by atoms with Crippen LogP contribution in [0.2, 0.25) is 5.02 Å². The summed E-state index contributed by atoms with van der Waals surface area (Å²) in [6, 6.07) is 9.84. The van der Waals surface area contributed by atoms with Crippen LogP contribution < -0.4 is 4.74 Å². The van der Waals surface area contributed by atoms with Gasteiger partial charge in [-0.05, 0) is 41.8 Å². The van der Waals surface area contributed by atoms with Gasteiger partial charge in [-0.2, -0.15) is 0 Å². The Hall–Kier alpha value is -1.97. The molecule has 4 atom stereocenters. The number of aliphatic hydroxyl groups excluding tert-OH is 3. The summed E-state index contributed by atoms with van der Waals surface area (Å²) in [6.45, 7) is -1.07. The van der Waals surface area contributed by atoms with Gasteiger partial charge in [0.1, 0.15) is 35.9 Å². The number of rotatable bonds is 5. The number of phenolic OH excluding ortho intramolecular Hbond substituents is 1. The molecule has 0 radical (unpaired) electrons. The summed E-state index contributed by atoms with van der Waals surface area (Å²) >= 11 is 6.23. The Morgan fingerprint density at radius 3 is 2.59 bits per heavy atom. The Kier molecular flexibility index (Phi) is 6.30. The number of hydrogen-bond donors (Lipinski definition) is 4. The Morgan fingerprint density at radius 1 is 1.21 bits per heavy atom.